The van der Waals surface area contributed by atoms with E-state index in [0.717, 1.165) is 9.13 Å². The Morgan fingerprint density at radius 3 is 2.36 bits per heavy atom. The monoisotopic (exact) mass is 373 g/mol. The van der Waals surface area contributed by atoms with Crippen molar-refractivity contribution in [2.45, 2.75) is 6.92 Å². The van der Waals surface area contributed by atoms with Crippen LogP contribution in [0.25, 0.3) is 5.70 Å². The van der Waals surface area contributed by atoms with E-state index in [4.69, 9.17) is 0 Å². The van der Waals surface area contributed by atoms with Crippen LogP contribution in [0, 0.1) is 11.3 Å². The summed E-state index contributed by atoms with van der Waals surface area (Å²) in [5.41, 5.74) is 1.13. The summed E-state index contributed by atoms with van der Waals surface area (Å²) in [7, 11) is 2.71. The number of allylic oxidation sites excluding steroid dienone is 1. The molecule has 0 atom stereocenters. The number of rotatable bonds is 1. The maximum absolute atomic E-state index is 12.5. The number of benzene rings is 1. The van der Waals surface area contributed by atoms with Crippen LogP contribution in [0.4, 0.5) is 0 Å². The fourth-order valence-electron chi connectivity index (χ4n) is 2.70. The van der Waals surface area contributed by atoms with Gasteiger partial charge in [-0.1, -0.05) is 24.3 Å². The second-order valence-electron chi connectivity index (χ2n) is 5.50. The van der Waals surface area contributed by atoms with Gasteiger partial charge < -0.3 is 5.11 Å². The molecule has 1 radical (unpaired) electrons. The van der Waals surface area contributed by atoms with Gasteiger partial charge in [-0.25, -0.2) is 9.79 Å². The molecule has 125 valence electrons. The third kappa shape index (κ3) is 2.66. The molecule has 2 heterocycles. The van der Waals surface area contributed by atoms with Crippen LogP contribution in [0.3, 0.4) is 0 Å². The fourth-order valence-corrected chi connectivity index (χ4v) is 2.70. The standard InChI is InChI=1S/C17H14N4O3.V/c1-9(8-18)13-10-6-4-5-7-11(10)14(19-13)12-15(22)20(2)17(24)21(3)16(12)23;/h4-7,22H,1-3H3;/b13-9+;. The molecule has 0 saturated carbocycles. The minimum atomic E-state index is -0.639. The average Bonchev–Trinajstić information content (AvgIpc) is 2.97. The first-order valence-corrected chi connectivity index (χ1v) is 7.17. The Labute approximate surface area is 155 Å². The van der Waals surface area contributed by atoms with E-state index in [1.54, 1.807) is 31.2 Å². The van der Waals surface area contributed by atoms with Crippen molar-refractivity contribution in [1.29, 1.82) is 5.26 Å². The molecule has 1 aromatic heterocycles. The molecule has 7 nitrogen and oxygen atoms in total. The number of hydrogen-bond donors (Lipinski definition) is 1. The third-order valence-electron chi connectivity index (χ3n) is 4.05. The van der Waals surface area contributed by atoms with Crippen LogP contribution < -0.4 is 11.2 Å². The van der Waals surface area contributed by atoms with E-state index in [1.807, 2.05) is 0 Å². The van der Waals surface area contributed by atoms with Gasteiger partial charge in [0.1, 0.15) is 5.56 Å². The zero-order valence-corrected chi connectivity index (χ0v) is 15.2. The summed E-state index contributed by atoms with van der Waals surface area (Å²) in [6.45, 7) is 1.64. The van der Waals surface area contributed by atoms with E-state index in [9.17, 15) is 20.0 Å². The molecule has 8 heteroatoms. The SMILES string of the molecule is C/C(C#N)=C1\N=C(c2c(O)n(C)c(=O)n(C)c2=O)c2ccccc21.[V]. The third-order valence-corrected chi connectivity index (χ3v) is 4.05. The Hall–Kier alpha value is -2.82. The second kappa shape index (κ2) is 6.59. The normalized spacial score (nSPS) is 14.2. The molecule has 1 N–H and O–H groups in total. The largest absolute Gasteiger partial charge is 0.494 e. The van der Waals surface area contributed by atoms with Gasteiger partial charge in [0.2, 0.25) is 5.88 Å². The van der Waals surface area contributed by atoms with Crippen LogP contribution in [0.2, 0.25) is 0 Å². The van der Waals surface area contributed by atoms with Gasteiger partial charge >= 0.3 is 5.69 Å². The van der Waals surface area contributed by atoms with Gasteiger partial charge in [0.05, 0.1) is 23.1 Å². The number of hydrogen-bond acceptors (Lipinski definition) is 5. The Kier molecular flexibility index (Phi) is 4.88. The van der Waals surface area contributed by atoms with E-state index in [-0.39, 0.29) is 29.8 Å². The van der Waals surface area contributed by atoms with Crippen LogP contribution in [0.5, 0.6) is 5.88 Å². The molecule has 0 saturated heterocycles. The molecule has 0 bridgehead atoms. The van der Waals surface area contributed by atoms with E-state index < -0.39 is 17.1 Å². The van der Waals surface area contributed by atoms with Gasteiger partial charge in [-0.05, 0) is 6.92 Å². The molecule has 0 unspecified atom stereocenters. The maximum Gasteiger partial charge on any atom is 0.333 e. The average molecular weight is 373 g/mol. The number of nitriles is 1. The molecule has 1 aliphatic heterocycles. The summed E-state index contributed by atoms with van der Waals surface area (Å²) >= 11 is 0. The first kappa shape index (κ1) is 18.5. The Balaban J connectivity index is 0.00000225. The first-order valence-electron chi connectivity index (χ1n) is 7.17. The zero-order valence-electron chi connectivity index (χ0n) is 13.8. The van der Waals surface area contributed by atoms with E-state index in [0.29, 0.717) is 22.4 Å². The minimum absolute atomic E-state index is 0. The predicted molar refractivity (Wildman–Crippen MR) is 88.9 cm³/mol. The van der Waals surface area contributed by atoms with Gasteiger partial charge in [0.15, 0.2) is 0 Å². The molecular weight excluding hydrogens is 359 g/mol. The predicted octanol–water partition coefficient (Wildman–Crippen LogP) is 0.893. The first-order chi connectivity index (χ1) is 11.4. The molecule has 3 rings (SSSR count). The van der Waals surface area contributed by atoms with Gasteiger partial charge in [0.25, 0.3) is 5.56 Å². The molecular formula is C17H14N4O3V. The van der Waals surface area contributed by atoms with E-state index in [2.05, 4.69) is 11.1 Å². The smallest absolute Gasteiger partial charge is 0.333 e. The minimum Gasteiger partial charge on any atom is -0.494 e. The molecule has 1 aliphatic rings. The topological polar surface area (TPSA) is 100 Å². The molecule has 0 amide bonds. The van der Waals surface area contributed by atoms with Crippen LogP contribution in [0.15, 0.2) is 44.4 Å². The Morgan fingerprint density at radius 1 is 1.16 bits per heavy atom. The summed E-state index contributed by atoms with van der Waals surface area (Å²) in [5, 5.41) is 19.5. The zero-order chi connectivity index (χ0) is 17.6. The van der Waals surface area contributed by atoms with Crippen molar-refractivity contribution in [3.8, 4) is 11.9 Å². The molecule has 1 aromatic carbocycles. The van der Waals surface area contributed by atoms with Crippen molar-refractivity contribution >= 4 is 11.4 Å². The van der Waals surface area contributed by atoms with E-state index in [1.165, 1.54) is 14.1 Å². The Bertz CT molecular complexity index is 1100. The van der Waals surface area contributed by atoms with Crippen LogP contribution in [-0.2, 0) is 32.7 Å². The number of nitrogens with zero attached hydrogens (tertiary/aromatic N) is 4. The van der Waals surface area contributed by atoms with Gasteiger partial charge in [-0.15, -0.1) is 0 Å². The maximum atomic E-state index is 12.5. The summed E-state index contributed by atoms with van der Waals surface area (Å²) in [6.07, 6.45) is 0. The van der Waals surface area contributed by atoms with Crippen molar-refractivity contribution in [2.75, 3.05) is 0 Å². The van der Waals surface area contributed by atoms with Crippen LogP contribution in [0.1, 0.15) is 23.6 Å². The van der Waals surface area contributed by atoms with Crippen LogP contribution in [-0.4, -0.2) is 20.0 Å². The van der Waals surface area contributed by atoms with Gasteiger partial charge in [0, 0.05) is 43.8 Å². The summed E-state index contributed by atoms with van der Waals surface area (Å²) in [4.78, 5) is 28.9. The van der Waals surface area contributed by atoms with E-state index >= 15 is 0 Å². The summed E-state index contributed by atoms with van der Waals surface area (Å²) in [6, 6.07) is 9.20. The molecule has 0 spiro atoms. The number of aromatic nitrogens is 2. The quantitative estimate of drug-likeness (QED) is 0.751. The number of aliphatic imine (C=N–C) groups is 1. The molecule has 25 heavy (non-hydrogen) atoms. The summed E-state index contributed by atoms with van der Waals surface area (Å²) < 4.78 is 1.90. The number of aromatic hydroxyl groups is 1. The molecule has 0 aliphatic carbocycles. The molecule has 2 aromatic rings. The van der Waals surface area contributed by atoms with Crippen molar-refractivity contribution in [1.82, 2.24) is 9.13 Å². The van der Waals surface area contributed by atoms with Gasteiger partial charge in [-0.2, -0.15) is 5.26 Å². The van der Waals surface area contributed by atoms with Crippen molar-refractivity contribution in [2.24, 2.45) is 19.1 Å². The van der Waals surface area contributed by atoms with Crippen molar-refractivity contribution < 1.29 is 23.7 Å². The van der Waals surface area contributed by atoms with Gasteiger partial charge in [-0.3, -0.25) is 13.9 Å². The summed E-state index contributed by atoms with van der Waals surface area (Å²) in [5.74, 6) is -0.451. The molecule has 0 fully saturated rings. The van der Waals surface area contributed by atoms with Crippen molar-refractivity contribution in [3.05, 3.63) is 67.4 Å². The van der Waals surface area contributed by atoms with Crippen LogP contribution >= 0.6 is 0 Å². The number of fused-ring (bicyclic) bond motifs is 1. The fraction of sp³-hybridized carbons (Fsp3) is 0.176. The second-order valence-corrected chi connectivity index (χ2v) is 5.50. The van der Waals surface area contributed by atoms with Crippen molar-refractivity contribution in [3.63, 3.8) is 0 Å². The Morgan fingerprint density at radius 2 is 1.76 bits per heavy atom.